The average molecular weight is 246 g/mol. The van der Waals surface area contributed by atoms with Gasteiger partial charge in [0.05, 0.1) is 6.04 Å². The highest BCUT2D eigenvalue weighted by molar-refractivity contribution is 7.99. The molecule has 2 atom stereocenters. The molecule has 5 nitrogen and oxygen atoms in total. The largest absolute Gasteiger partial charge is 0.481 e. The lowest BCUT2D eigenvalue weighted by atomic mass is 10.1. The van der Waals surface area contributed by atoms with Gasteiger partial charge in [-0.1, -0.05) is 0 Å². The van der Waals surface area contributed by atoms with Gasteiger partial charge in [0.2, 0.25) is 5.91 Å². The molecule has 92 valence electrons. The first-order valence-electron chi connectivity index (χ1n) is 5.38. The lowest BCUT2D eigenvalue weighted by Gasteiger charge is -2.34. The Bertz CT molecular complexity index is 273. The van der Waals surface area contributed by atoms with Crippen molar-refractivity contribution in [3.63, 3.8) is 0 Å². The number of nitrogens with two attached hydrogens (primary N) is 1. The molecule has 1 amide bonds. The third-order valence-corrected chi connectivity index (χ3v) is 3.83. The van der Waals surface area contributed by atoms with Crippen LogP contribution in [0, 0.1) is 0 Å². The van der Waals surface area contributed by atoms with Gasteiger partial charge in [-0.25, -0.2) is 0 Å². The van der Waals surface area contributed by atoms with E-state index in [4.69, 9.17) is 10.8 Å². The smallest absolute Gasteiger partial charge is 0.303 e. The Balaban J connectivity index is 2.45. The second-order valence-electron chi connectivity index (χ2n) is 3.99. The van der Waals surface area contributed by atoms with E-state index in [2.05, 4.69) is 0 Å². The minimum atomic E-state index is -0.912. The molecular formula is C10H18N2O3S. The predicted molar refractivity (Wildman–Crippen MR) is 63.3 cm³/mol. The first kappa shape index (κ1) is 13.3. The van der Waals surface area contributed by atoms with Crippen LogP contribution in [-0.2, 0) is 9.59 Å². The maximum Gasteiger partial charge on any atom is 0.303 e. The van der Waals surface area contributed by atoms with Crippen LogP contribution < -0.4 is 5.73 Å². The fourth-order valence-corrected chi connectivity index (χ4v) is 2.68. The molecule has 0 aromatic rings. The van der Waals surface area contributed by atoms with Crippen LogP contribution in [0.2, 0.25) is 0 Å². The normalized spacial score (nSPS) is 22.9. The van der Waals surface area contributed by atoms with E-state index in [-0.39, 0.29) is 24.8 Å². The maximum absolute atomic E-state index is 11.9. The number of carbonyl (C=O) groups excluding carboxylic acids is 1. The second-order valence-corrected chi connectivity index (χ2v) is 5.14. The lowest BCUT2D eigenvalue weighted by Crippen LogP contribution is -2.51. The van der Waals surface area contributed by atoms with E-state index < -0.39 is 12.0 Å². The number of hydrogen-bond acceptors (Lipinski definition) is 4. The molecule has 0 aliphatic carbocycles. The van der Waals surface area contributed by atoms with Crippen molar-refractivity contribution >= 4 is 23.6 Å². The van der Waals surface area contributed by atoms with Crippen molar-refractivity contribution < 1.29 is 14.7 Å². The van der Waals surface area contributed by atoms with Crippen molar-refractivity contribution in [2.45, 2.75) is 31.8 Å². The van der Waals surface area contributed by atoms with Gasteiger partial charge in [0, 0.05) is 30.5 Å². The van der Waals surface area contributed by atoms with Gasteiger partial charge in [0.1, 0.15) is 0 Å². The third-order valence-electron chi connectivity index (χ3n) is 2.64. The van der Waals surface area contributed by atoms with E-state index in [0.29, 0.717) is 6.54 Å². The predicted octanol–water partition coefficient (Wildman–Crippen LogP) is 0.142. The van der Waals surface area contributed by atoms with Crippen LogP contribution >= 0.6 is 11.8 Å². The van der Waals surface area contributed by atoms with Crippen LogP contribution in [-0.4, -0.2) is 52.0 Å². The topological polar surface area (TPSA) is 83.6 Å². The van der Waals surface area contributed by atoms with Crippen LogP contribution in [0.1, 0.15) is 19.8 Å². The summed E-state index contributed by atoms with van der Waals surface area (Å²) in [6, 6.07) is -0.483. The lowest BCUT2D eigenvalue weighted by molar-refractivity contribution is -0.138. The van der Waals surface area contributed by atoms with E-state index >= 15 is 0 Å². The van der Waals surface area contributed by atoms with Gasteiger partial charge in [-0.05, 0) is 13.3 Å². The summed E-state index contributed by atoms with van der Waals surface area (Å²) in [7, 11) is 0. The third kappa shape index (κ3) is 3.68. The van der Waals surface area contributed by atoms with E-state index in [1.165, 1.54) is 0 Å². The van der Waals surface area contributed by atoms with E-state index in [1.807, 2.05) is 18.7 Å². The SMILES string of the molecule is CC1CSCCN1C(=O)C(N)CCC(=O)O. The Morgan fingerprint density at radius 1 is 1.62 bits per heavy atom. The first-order valence-corrected chi connectivity index (χ1v) is 6.53. The van der Waals surface area contributed by atoms with E-state index in [1.54, 1.807) is 4.90 Å². The highest BCUT2D eigenvalue weighted by atomic mass is 32.2. The summed E-state index contributed by atoms with van der Waals surface area (Å²) < 4.78 is 0. The average Bonchev–Trinajstić information content (AvgIpc) is 2.25. The molecule has 0 aromatic heterocycles. The van der Waals surface area contributed by atoms with Gasteiger partial charge >= 0.3 is 5.97 Å². The number of amides is 1. The Hall–Kier alpha value is -0.750. The number of hydrogen-bond donors (Lipinski definition) is 2. The van der Waals surface area contributed by atoms with Gasteiger partial charge in [-0.2, -0.15) is 11.8 Å². The Kier molecular flexibility index (Phi) is 5.08. The fraction of sp³-hybridized carbons (Fsp3) is 0.800. The minimum absolute atomic E-state index is 0.0517. The van der Waals surface area contributed by atoms with Crippen LogP contribution in [0.3, 0.4) is 0 Å². The van der Waals surface area contributed by atoms with Crippen molar-refractivity contribution in [2.24, 2.45) is 5.73 Å². The monoisotopic (exact) mass is 246 g/mol. The van der Waals surface area contributed by atoms with Gasteiger partial charge < -0.3 is 15.7 Å². The molecule has 0 spiro atoms. The van der Waals surface area contributed by atoms with Crippen LogP contribution in [0.5, 0.6) is 0 Å². The van der Waals surface area contributed by atoms with Crippen molar-refractivity contribution in [3.05, 3.63) is 0 Å². The molecule has 1 fully saturated rings. The number of carbonyl (C=O) groups is 2. The summed E-state index contributed by atoms with van der Waals surface area (Å²) in [5, 5.41) is 8.52. The van der Waals surface area contributed by atoms with Crippen LogP contribution in [0.4, 0.5) is 0 Å². The maximum atomic E-state index is 11.9. The molecule has 3 N–H and O–H groups in total. The van der Waals surface area contributed by atoms with Gasteiger partial charge in [-0.3, -0.25) is 9.59 Å². The number of carboxylic acid groups (broad SMARTS) is 1. The highest BCUT2D eigenvalue weighted by Gasteiger charge is 2.27. The second kappa shape index (κ2) is 6.10. The summed E-state index contributed by atoms with van der Waals surface area (Å²) in [5.41, 5.74) is 5.70. The molecule has 2 unspecified atom stereocenters. The highest BCUT2D eigenvalue weighted by Crippen LogP contribution is 2.17. The van der Waals surface area contributed by atoms with E-state index in [0.717, 1.165) is 11.5 Å². The zero-order valence-corrected chi connectivity index (χ0v) is 10.2. The number of nitrogens with zero attached hydrogens (tertiary/aromatic N) is 1. The zero-order chi connectivity index (χ0) is 12.1. The Morgan fingerprint density at radius 3 is 2.88 bits per heavy atom. The number of rotatable bonds is 4. The summed E-state index contributed by atoms with van der Waals surface area (Å²) in [6.45, 7) is 2.71. The van der Waals surface area contributed by atoms with Crippen molar-refractivity contribution in [1.29, 1.82) is 0 Å². The molecule has 1 saturated heterocycles. The number of carboxylic acids is 1. The molecule has 16 heavy (non-hydrogen) atoms. The zero-order valence-electron chi connectivity index (χ0n) is 9.39. The molecule has 1 heterocycles. The minimum Gasteiger partial charge on any atom is -0.481 e. The molecule has 0 bridgehead atoms. The van der Waals surface area contributed by atoms with Crippen molar-refractivity contribution in [3.8, 4) is 0 Å². The van der Waals surface area contributed by atoms with Crippen LogP contribution in [0.15, 0.2) is 0 Å². The molecule has 1 rings (SSSR count). The first-order chi connectivity index (χ1) is 7.52. The molecule has 0 radical (unpaired) electrons. The quantitative estimate of drug-likeness (QED) is 0.737. The summed E-state index contributed by atoms with van der Waals surface area (Å²) in [5.74, 6) is 0.832. The molecule has 0 aromatic carbocycles. The molecule has 1 aliphatic rings. The fourth-order valence-electron chi connectivity index (χ4n) is 1.67. The molecule has 0 saturated carbocycles. The molecule has 1 aliphatic heterocycles. The van der Waals surface area contributed by atoms with Crippen molar-refractivity contribution in [2.75, 3.05) is 18.1 Å². The van der Waals surface area contributed by atoms with Crippen molar-refractivity contribution in [1.82, 2.24) is 4.90 Å². The van der Waals surface area contributed by atoms with Gasteiger partial charge in [0.15, 0.2) is 0 Å². The summed E-state index contributed by atoms with van der Waals surface area (Å²) >= 11 is 1.83. The van der Waals surface area contributed by atoms with Gasteiger partial charge in [-0.15, -0.1) is 0 Å². The Labute approximate surface area is 99.4 Å². The Morgan fingerprint density at radius 2 is 2.31 bits per heavy atom. The number of thioether (sulfide) groups is 1. The van der Waals surface area contributed by atoms with E-state index in [9.17, 15) is 9.59 Å². The molecular weight excluding hydrogens is 228 g/mol. The summed E-state index contributed by atoms with van der Waals surface area (Å²) in [6.07, 6.45) is 0.161. The number of aliphatic carboxylic acids is 1. The van der Waals surface area contributed by atoms with Gasteiger partial charge in [0.25, 0.3) is 0 Å². The standard InChI is InChI=1S/C10H18N2O3S/c1-7-6-16-5-4-12(7)10(15)8(11)2-3-9(13)14/h7-8H,2-6,11H2,1H3,(H,13,14). The molecule has 6 heteroatoms. The summed E-state index contributed by atoms with van der Waals surface area (Å²) in [4.78, 5) is 24.1. The van der Waals surface area contributed by atoms with Crippen LogP contribution in [0.25, 0.3) is 0 Å².